The van der Waals surface area contributed by atoms with Crippen molar-refractivity contribution in [1.29, 1.82) is 0 Å². The molecule has 2 atom stereocenters. The first-order valence-electron chi connectivity index (χ1n) is 12.2. The minimum absolute atomic E-state index is 0.148. The molecule has 0 heterocycles. The number of benzene rings is 3. The number of aliphatic hydroxyl groups is 1. The minimum Gasteiger partial charge on any atom is -0.478 e. The summed E-state index contributed by atoms with van der Waals surface area (Å²) in [6, 6.07) is 18.4. The van der Waals surface area contributed by atoms with Crippen LogP contribution in [0.5, 0.6) is 0 Å². The summed E-state index contributed by atoms with van der Waals surface area (Å²) in [5.41, 5.74) is 5.01. The molecule has 0 amide bonds. The van der Waals surface area contributed by atoms with Crippen LogP contribution in [0.4, 0.5) is 4.39 Å². The van der Waals surface area contributed by atoms with Crippen molar-refractivity contribution in [3.8, 4) is 11.1 Å². The Morgan fingerprint density at radius 3 is 2.44 bits per heavy atom. The van der Waals surface area contributed by atoms with Crippen LogP contribution in [-0.2, 0) is 11.2 Å². The molecule has 1 unspecified atom stereocenters. The molecule has 0 radical (unpaired) electrons. The maximum atomic E-state index is 13.9. The number of hydrogen-bond donors (Lipinski definition) is 3. The summed E-state index contributed by atoms with van der Waals surface area (Å²) in [6.45, 7) is 10.0. The standard InChI is InChI=1S/C30H36FNO4/c1-19-10-11-22(15-28(19)31)16-30(4,5)32-17-24(33)18-36-21(3)26-8-6-7-9-27(26)23-12-13-25(29(34)35)20(2)14-23/h6-15,21,24,32-33H,16-18H2,1-5H3,(H,34,35)/t21?,24-/m1/s1. The van der Waals surface area contributed by atoms with Gasteiger partial charge in [0.1, 0.15) is 5.82 Å². The number of β-amino-alcohol motifs (C(OH)–C–C–N with tert-alkyl or cyclic N) is 1. The average Bonchev–Trinajstić information content (AvgIpc) is 2.83. The molecule has 36 heavy (non-hydrogen) atoms. The number of aryl methyl sites for hydroxylation is 2. The van der Waals surface area contributed by atoms with Gasteiger partial charge in [0.05, 0.1) is 24.4 Å². The van der Waals surface area contributed by atoms with Crippen LogP contribution >= 0.6 is 0 Å². The van der Waals surface area contributed by atoms with Crippen LogP contribution in [-0.4, -0.2) is 41.0 Å². The van der Waals surface area contributed by atoms with Crippen LogP contribution < -0.4 is 5.32 Å². The minimum atomic E-state index is -0.944. The molecule has 0 fully saturated rings. The van der Waals surface area contributed by atoms with E-state index in [0.29, 0.717) is 24.1 Å². The first kappa shape index (κ1) is 27.5. The predicted octanol–water partition coefficient (Wildman–Crippen LogP) is 5.86. The van der Waals surface area contributed by atoms with Gasteiger partial charge in [0.15, 0.2) is 0 Å². The molecule has 192 valence electrons. The van der Waals surface area contributed by atoms with Crippen molar-refractivity contribution in [2.75, 3.05) is 13.2 Å². The number of aliphatic hydroxyl groups excluding tert-OH is 1. The molecule has 0 aromatic heterocycles. The lowest BCUT2D eigenvalue weighted by Gasteiger charge is -2.28. The summed E-state index contributed by atoms with van der Waals surface area (Å²) >= 11 is 0. The van der Waals surface area contributed by atoms with Gasteiger partial charge < -0.3 is 20.3 Å². The van der Waals surface area contributed by atoms with Crippen LogP contribution in [0.3, 0.4) is 0 Å². The van der Waals surface area contributed by atoms with Crippen molar-refractivity contribution in [1.82, 2.24) is 5.32 Å². The van der Waals surface area contributed by atoms with Gasteiger partial charge in [-0.25, -0.2) is 9.18 Å². The van der Waals surface area contributed by atoms with Gasteiger partial charge in [0, 0.05) is 12.1 Å². The van der Waals surface area contributed by atoms with E-state index in [-0.39, 0.29) is 29.6 Å². The quantitative estimate of drug-likeness (QED) is 0.312. The van der Waals surface area contributed by atoms with E-state index in [9.17, 15) is 19.4 Å². The Bertz CT molecular complexity index is 1210. The lowest BCUT2D eigenvalue weighted by atomic mass is 9.94. The van der Waals surface area contributed by atoms with Crippen molar-refractivity contribution in [2.45, 2.75) is 58.8 Å². The number of nitrogens with one attached hydrogen (secondary N) is 1. The van der Waals surface area contributed by atoms with Crippen molar-refractivity contribution in [3.05, 3.63) is 94.3 Å². The predicted molar refractivity (Wildman–Crippen MR) is 141 cm³/mol. The molecule has 0 saturated heterocycles. The van der Waals surface area contributed by atoms with Gasteiger partial charge in [0.2, 0.25) is 0 Å². The molecule has 0 saturated carbocycles. The molecule has 3 N–H and O–H groups in total. The Kier molecular flexibility index (Phi) is 9.01. The van der Waals surface area contributed by atoms with Crippen LogP contribution in [0.25, 0.3) is 11.1 Å². The highest BCUT2D eigenvalue weighted by molar-refractivity contribution is 5.90. The monoisotopic (exact) mass is 493 g/mol. The van der Waals surface area contributed by atoms with Crippen LogP contribution in [0.15, 0.2) is 60.7 Å². The average molecular weight is 494 g/mol. The van der Waals surface area contributed by atoms with E-state index in [2.05, 4.69) is 5.32 Å². The fourth-order valence-corrected chi connectivity index (χ4v) is 4.30. The third-order valence-corrected chi connectivity index (χ3v) is 6.40. The molecule has 6 heteroatoms. The number of ether oxygens (including phenoxy) is 1. The third-order valence-electron chi connectivity index (χ3n) is 6.40. The normalized spacial score (nSPS) is 13.4. The maximum Gasteiger partial charge on any atom is 0.335 e. The second-order valence-electron chi connectivity index (χ2n) is 10.1. The SMILES string of the molecule is Cc1ccc(CC(C)(C)NC[C@@H](O)COC(C)c2ccccc2-c2ccc(C(=O)O)c(C)c2)cc1F. The van der Waals surface area contributed by atoms with E-state index >= 15 is 0 Å². The first-order chi connectivity index (χ1) is 17.0. The number of aromatic carboxylic acids is 1. The lowest BCUT2D eigenvalue weighted by Crippen LogP contribution is -2.46. The highest BCUT2D eigenvalue weighted by atomic mass is 19.1. The smallest absolute Gasteiger partial charge is 0.335 e. The summed E-state index contributed by atoms with van der Waals surface area (Å²) in [4.78, 5) is 11.4. The van der Waals surface area contributed by atoms with E-state index in [1.165, 1.54) is 0 Å². The summed E-state index contributed by atoms with van der Waals surface area (Å²) in [5, 5.41) is 23.2. The number of carboxylic acid groups (broad SMARTS) is 1. The third kappa shape index (κ3) is 7.23. The van der Waals surface area contributed by atoms with Gasteiger partial charge >= 0.3 is 5.97 Å². The Balaban J connectivity index is 1.59. The Morgan fingerprint density at radius 1 is 1.06 bits per heavy atom. The number of carboxylic acids is 1. The zero-order valence-corrected chi connectivity index (χ0v) is 21.6. The molecule has 0 aliphatic rings. The van der Waals surface area contributed by atoms with E-state index in [1.54, 1.807) is 32.0 Å². The largest absolute Gasteiger partial charge is 0.478 e. The van der Waals surface area contributed by atoms with Crippen molar-refractivity contribution >= 4 is 5.97 Å². The van der Waals surface area contributed by atoms with Gasteiger partial charge in [-0.3, -0.25) is 0 Å². The van der Waals surface area contributed by atoms with E-state index < -0.39 is 12.1 Å². The number of hydrogen-bond acceptors (Lipinski definition) is 4. The fraction of sp³-hybridized carbons (Fsp3) is 0.367. The summed E-state index contributed by atoms with van der Waals surface area (Å²) < 4.78 is 19.9. The molecular weight excluding hydrogens is 457 g/mol. The summed E-state index contributed by atoms with van der Waals surface area (Å²) in [5.74, 6) is -1.15. The van der Waals surface area contributed by atoms with Crippen LogP contribution in [0.2, 0.25) is 0 Å². The topological polar surface area (TPSA) is 78.8 Å². The zero-order chi connectivity index (χ0) is 26.5. The van der Waals surface area contributed by atoms with Crippen LogP contribution in [0.1, 0.15) is 59.5 Å². The molecule has 3 aromatic carbocycles. The van der Waals surface area contributed by atoms with E-state index in [1.807, 2.05) is 63.2 Å². The maximum absolute atomic E-state index is 13.9. The van der Waals surface area contributed by atoms with E-state index in [0.717, 1.165) is 22.3 Å². The van der Waals surface area contributed by atoms with Crippen molar-refractivity contribution in [2.24, 2.45) is 0 Å². The lowest BCUT2D eigenvalue weighted by molar-refractivity contribution is -0.00397. The van der Waals surface area contributed by atoms with Crippen LogP contribution in [0, 0.1) is 19.7 Å². The Hall–Kier alpha value is -3.06. The molecule has 3 rings (SSSR count). The molecule has 0 aliphatic carbocycles. The second-order valence-corrected chi connectivity index (χ2v) is 10.1. The number of carbonyl (C=O) groups is 1. The number of halogens is 1. The second kappa shape index (κ2) is 11.8. The molecule has 0 bridgehead atoms. The van der Waals surface area contributed by atoms with Crippen molar-refractivity contribution < 1.29 is 24.1 Å². The first-order valence-corrected chi connectivity index (χ1v) is 12.2. The van der Waals surface area contributed by atoms with E-state index in [4.69, 9.17) is 4.74 Å². The Morgan fingerprint density at radius 2 is 1.78 bits per heavy atom. The fourth-order valence-electron chi connectivity index (χ4n) is 4.30. The van der Waals surface area contributed by atoms with Crippen molar-refractivity contribution in [3.63, 3.8) is 0 Å². The molecule has 0 spiro atoms. The zero-order valence-electron chi connectivity index (χ0n) is 21.6. The van der Waals surface area contributed by atoms with Gasteiger partial charge in [-0.2, -0.15) is 0 Å². The highest BCUT2D eigenvalue weighted by Gasteiger charge is 2.21. The molecular formula is C30H36FNO4. The molecule has 5 nitrogen and oxygen atoms in total. The summed E-state index contributed by atoms with van der Waals surface area (Å²) in [7, 11) is 0. The Labute approximate surface area is 213 Å². The van der Waals surface area contributed by atoms with Gasteiger partial charge in [0.25, 0.3) is 0 Å². The van der Waals surface area contributed by atoms with Gasteiger partial charge in [-0.1, -0.05) is 48.5 Å². The number of rotatable bonds is 11. The highest BCUT2D eigenvalue weighted by Crippen LogP contribution is 2.31. The van der Waals surface area contributed by atoms with Gasteiger partial charge in [-0.15, -0.1) is 0 Å². The summed E-state index contributed by atoms with van der Waals surface area (Å²) in [6.07, 6.45) is -0.369. The van der Waals surface area contributed by atoms with Gasteiger partial charge in [-0.05, 0) is 86.6 Å². The molecule has 0 aliphatic heterocycles. The molecule has 3 aromatic rings.